The Kier molecular flexibility index (Phi) is 2.28. The minimum Gasteiger partial charge on any atom is -0.450 e. The van der Waals surface area contributed by atoms with Crippen molar-refractivity contribution in [3.63, 3.8) is 0 Å². The van der Waals surface area contributed by atoms with Gasteiger partial charge in [-0.25, -0.2) is 4.79 Å². The van der Waals surface area contributed by atoms with E-state index in [1.54, 1.807) is 0 Å². The van der Waals surface area contributed by atoms with E-state index in [-0.39, 0.29) is 6.10 Å². The lowest BCUT2D eigenvalue weighted by molar-refractivity contribution is 0.0416. The molecule has 1 N–H and O–H groups in total. The topological polar surface area (TPSA) is 51.5 Å². The van der Waals surface area contributed by atoms with Crippen molar-refractivity contribution < 1.29 is 14.6 Å². The third-order valence-corrected chi connectivity index (χ3v) is 3.28. The van der Waals surface area contributed by atoms with E-state index in [0.29, 0.717) is 6.42 Å². The maximum absolute atomic E-state index is 10.5. The number of aryl methyl sites for hydroxylation is 1. The highest BCUT2D eigenvalue weighted by molar-refractivity contribution is 5.81. The number of carboxylic acid groups (broad SMARTS) is 1. The first-order valence-corrected chi connectivity index (χ1v) is 5.71. The first-order chi connectivity index (χ1) is 8.24. The summed E-state index contributed by atoms with van der Waals surface area (Å²) in [5.74, 6) is 0. The zero-order valence-corrected chi connectivity index (χ0v) is 9.30. The van der Waals surface area contributed by atoms with Gasteiger partial charge in [0.1, 0.15) is 6.10 Å². The molecule has 0 radical (unpaired) electrons. The number of rotatable bonds is 1. The molecule has 1 aromatic carbocycles. The SMILES string of the molecule is O=C(O)OC1CCn2c(cc3ccccc32)C1. The number of hydrogen-bond donors (Lipinski definition) is 1. The second-order valence-electron chi connectivity index (χ2n) is 4.34. The Morgan fingerprint density at radius 2 is 2.24 bits per heavy atom. The molecule has 2 aromatic rings. The summed E-state index contributed by atoms with van der Waals surface area (Å²) < 4.78 is 7.09. The van der Waals surface area contributed by atoms with Gasteiger partial charge in [0.15, 0.2) is 0 Å². The molecule has 4 nitrogen and oxygen atoms in total. The van der Waals surface area contributed by atoms with Crippen LogP contribution in [0.1, 0.15) is 12.1 Å². The van der Waals surface area contributed by atoms with Crippen LogP contribution in [0.25, 0.3) is 10.9 Å². The minimum absolute atomic E-state index is 0.204. The normalized spacial score (nSPS) is 18.9. The molecule has 4 heteroatoms. The van der Waals surface area contributed by atoms with Crippen LogP contribution in [0, 0.1) is 0 Å². The van der Waals surface area contributed by atoms with Crippen LogP contribution in [0.4, 0.5) is 4.79 Å². The van der Waals surface area contributed by atoms with E-state index in [4.69, 9.17) is 9.84 Å². The molecule has 1 aliphatic heterocycles. The average Bonchev–Trinajstić information content (AvgIpc) is 2.65. The zero-order valence-electron chi connectivity index (χ0n) is 9.30. The molecule has 1 atom stereocenters. The molecular formula is C13H13NO3. The molecule has 0 amide bonds. The first kappa shape index (κ1) is 10.2. The van der Waals surface area contributed by atoms with E-state index in [2.05, 4.69) is 22.8 Å². The lowest BCUT2D eigenvalue weighted by Crippen LogP contribution is -2.27. The molecule has 2 heterocycles. The molecule has 0 spiro atoms. The number of nitrogens with zero attached hydrogens (tertiary/aromatic N) is 1. The molecule has 1 unspecified atom stereocenters. The van der Waals surface area contributed by atoms with Gasteiger partial charge in [-0.2, -0.15) is 0 Å². The van der Waals surface area contributed by atoms with Gasteiger partial charge < -0.3 is 14.4 Å². The highest BCUT2D eigenvalue weighted by Gasteiger charge is 2.23. The predicted molar refractivity (Wildman–Crippen MR) is 63.2 cm³/mol. The summed E-state index contributed by atoms with van der Waals surface area (Å²) in [5.41, 5.74) is 2.37. The van der Waals surface area contributed by atoms with E-state index in [9.17, 15) is 4.79 Å². The van der Waals surface area contributed by atoms with Crippen LogP contribution < -0.4 is 0 Å². The summed E-state index contributed by atoms with van der Waals surface area (Å²) in [7, 11) is 0. The van der Waals surface area contributed by atoms with Crippen molar-refractivity contribution in [1.82, 2.24) is 4.57 Å². The van der Waals surface area contributed by atoms with E-state index in [1.807, 2.05) is 12.1 Å². The van der Waals surface area contributed by atoms with Gasteiger partial charge in [-0.1, -0.05) is 18.2 Å². The van der Waals surface area contributed by atoms with Crippen molar-refractivity contribution in [2.45, 2.75) is 25.5 Å². The van der Waals surface area contributed by atoms with E-state index < -0.39 is 6.16 Å². The summed E-state index contributed by atoms with van der Waals surface area (Å²) in [5, 5.41) is 9.83. The standard InChI is InChI=1S/C13H13NO3/c15-13(16)17-11-5-6-14-10(8-11)7-9-3-1-2-4-12(9)14/h1-4,7,11H,5-6,8H2,(H,15,16). The Morgan fingerprint density at radius 1 is 1.41 bits per heavy atom. The number of hydrogen-bond acceptors (Lipinski definition) is 2. The van der Waals surface area contributed by atoms with Crippen LogP contribution in [0.3, 0.4) is 0 Å². The van der Waals surface area contributed by atoms with Gasteiger partial charge in [-0.3, -0.25) is 0 Å². The van der Waals surface area contributed by atoms with Gasteiger partial charge in [0.2, 0.25) is 0 Å². The molecular weight excluding hydrogens is 218 g/mol. The molecule has 88 valence electrons. The maximum atomic E-state index is 10.5. The van der Waals surface area contributed by atoms with Crippen molar-refractivity contribution in [3.05, 3.63) is 36.0 Å². The van der Waals surface area contributed by atoms with Gasteiger partial charge >= 0.3 is 6.16 Å². The lowest BCUT2D eigenvalue weighted by Gasteiger charge is -2.23. The average molecular weight is 231 g/mol. The first-order valence-electron chi connectivity index (χ1n) is 5.71. The number of aromatic nitrogens is 1. The fourth-order valence-electron chi connectivity index (χ4n) is 2.55. The Labute approximate surface area is 98.4 Å². The van der Waals surface area contributed by atoms with Crippen LogP contribution in [0.2, 0.25) is 0 Å². The van der Waals surface area contributed by atoms with Gasteiger partial charge in [0.05, 0.1) is 0 Å². The van der Waals surface area contributed by atoms with Crippen LogP contribution in [-0.4, -0.2) is 21.9 Å². The molecule has 1 aromatic heterocycles. The van der Waals surface area contributed by atoms with Crippen molar-refractivity contribution in [2.75, 3.05) is 0 Å². The van der Waals surface area contributed by atoms with Gasteiger partial charge in [0, 0.05) is 30.6 Å². The fourth-order valence-corrected chi connectivity index (χ4v) is 2.55. The molecule has 0 fully saturated rings. The third kappa shape index (κ3) is 1.75. The number of para-hydroxylation sites is 1. The predicted octanol–water partition coefficient (Wildman–Crippen LogP) is 2.65. The third-order valence-electron chi connectivity index (χ3n) is 3.28. The zero-order chi connectivity index (χ0) is 11.8. The summed E-state index contributed by atoms with van der Waals surface area (Å²) in [6, 6.07) is 10.3. The van der Waals surface area contributed by atoms with Crippen molar-refractivity contribution in [2.24, 2.45) is 0 Å². The number of fused-ring (bicyclic) bond motifs is 3. The minimum atomic E-state index is -1.18. The van der Waals surface area contributed by atoms with Crippen molar-refractivity contribution >= 4 is 17.1 Å². The largest absolute Gasteiger partial charge is 0.506 e. The van der Waals surface area contributed by atoms with E-state index in [0.717, 1.165) is 18.7 Å². The van der Waals surface area contributed by atoms with Crippen molar-refractivity contribution in [1.29, 1.82) is 0 Å². The number of carbonyl (C=O) groups is 1. The molecule has 3 rings (SSSR count). The lowest BCUT2D eigenvalue weighted by atomic mass is 10.1. The molecule has 0 bridgehead atoms. The van der Waals surface area contributed by atoms with Gasteiger partial charge in [-0.15, -0.1) is 0 Å². The van der Waals surface area contributed by atoms with Crippen LogP contribution in [-0.2, 0) is 17.7 Å². The molecule has 0 saturated heterocycles. The molecule has 17 heavy (non-hydrogen) atoms. The second-order valence-corrected chi connectivity index (χ2v) is 4.34. The number of benzene rings is 1. The number of ether oxygens (including phenoxy) is 1. The quantitative estimate of drug-likeness (QED) is 0.767. The van der Waals surface area contributed by atoms with Crippen LogP contribution in [0.5, 0.6) is 0 Å². The summed E-state index contributed by atoms with van der Waals surface area (Å²) >= 11 is 0. The Bertz CT molecular complexity index is 573. The molecule has 1 aliphatic rings. The van der Waals surface area contributed by atoms with Crippen LogP contribution in [0.15, 0.2) is 30.3 Å². The summed E-state index contributed by atoms with van der Waals surface area (Å²) in [6.45, 7) is 0.820. The van der Waals surface area contributed by atoms with E-state index in [1.165, 1.54) is 10.9 Å². The Balaban J connectivity index is 1.95. The van der Waals surface area contributed by atoms with Gasteiger partial charge in [-0.05, 0) is 17.5 Å². The molecule has 0 aliphatic carbocycles. The van der Waals surface area contributed by atoms with Crippen LogP contribution >= 0.6 is 0 Å². The highest BCUT2D eigenvalue weighted by Crippen LogP contribution is 2.26. The highest BCUT2D eigenvalue weighted by atomic mass is 16.7. The monoisotopic (exact) mass is 231 g/mol. The smallest absolute Gasteiger partial charge is 0.450 e. The Hall–Kier alpha value is -1.97. The Morgan fingerprint density at radius 3 is 3.06 bits per heavy atom. The fraction of sp³-hybridized carbons (Fsp3) is 0.308. The second kappa shape index (κ2) is 3.80. The van der Waals surface area contributed by atoms with Gasteiger partial charge in [0.25, 0.3) is 0 Å². The summed E-state index contributed by atoms with van der Waals surface area (Å²) in [4.78, 5) is 10.5. The molecule has 0 saturated carbocycles. The van der Waals surface area contributed by atoms with E-state index >= 15 is 0 Å². The maximum Gasteiger partial charge on any atom is 0.506 e. The van der Waals surface area contributed by atoms with Crippen molar-refractivity contribution in [3.8, 4) is 0 Å². The summed E-state index contributed by atoms with van der Waals surface area (Å²) in [6.07, 6.45) is 0.0303.